The van der Waals surface area contributed by atoms with E-state index in [-0.39, 0.29) is 23.0 Å². The number of imidazole rings is 2. The maximum Gasteiger partial charge on any atom is 0.252 e. The van der Waals surface area contributed by atoms with Crippen molar-refractivity contribution in [3.8, 4) is 34.2 Å². The Morgan fingerprint density at radius 2 is 1.16 bits per heavy atom. The average molecular weight is 757 g/mol. The molecule has 0 N–H and O–H groups in total. The fourth-order valence-corrected chi connectivity index (χ4v) is 10.00. The standard InChI is InChI=1S/C52H49BN4O/c1-28-17-15-18-29(2)41(28)49-55-43-45-37(27-34-33-23-31(50(3,4)5)24-35(52(9,10)11)46(33)58-47(34)43)53-36-25-32(51(6,7)8)26-38-44(36)56(48(54-38)30-19-13-12-14-20-30)39-21-16-22-40(42(39)53)57(45)49/h12-27H,1-11H3. The van der Waals surface area contributed by atoms with Gasteiger partial charge in [-0.05, 0) is 93.0 Å². The molecule has 0 fully saturated rings. The molecule has 0 aliphatic carbocycles. The van der Waals surface area contributed by atoms with Crippen LogP contribution in [0.4, 0.5) is 0 Å². The van der Waals surface area contributed by atoms with Gasteiger partial charge in [0.25, 0.3) is 6.71 Å². The molecule has 58 heavy (non-hydrogen) atoms. The summed E-state index contributed by atoms with van der Waals surface area (Å²) in [6.07, 6.45) is 0. The molecule has 0 atom stereocenters. The lowest BCUT2D eigenvalue weighted by Crippen LogP contribution is -2.59. The minimum absolute atomic E-state index is 0.0433. The molecular weight excluding hydrogens is 707 g/mol. The third kappa shape index (κ3) is 4.72. The van der Waals surface area contributed by atoms with Crippen LogP contribution in [0.25, 0.3) is 78.2 Å². The van der Waals surface area contributed by atoms with Crippen molar-refractivity contribution in [1.29, 1.82) is 0 Å². The Labute approximate surface area is 340 Å². The summed E-state index contributed by atoms with van der Waals surface area (Å²) in [6, 6.07) is 36.1. The van der Waals surface area contributed by atoms with Gasteiger partial charge in [-0.1, -0.05) is 135 Å². The largest absolute Gasteiger partial charge is 0.453 e. The van der Waals surface area contributed by atoms with Gasteiger partial charge >= 0.3 is 0 Å². The molecule has 2 aliphatic rings. The van der Waals surface area contributed by atoms with E-state index in [2.05, 4.69) is 182 Å². The van der Waals surface area contributed by atoms with E-state index in [4.69, 9.17) is 14.4 Å². The van der Waals surface area contributed by atoms with E-state index in [0.29, 0.717) is 0 Å². The van der Waals surface area contributed by atoms with Gasteiger partial charge in [-0.2, -0.15) is 0 Å². The summed E-state index contributed by atoms with van der Waals surface area (Å²) in [4.78, 5) is 11.2. The van der Waals surface area contributed by atoms with Crippen LogP contribution in [-0.4, -0.2) is 25.8 Å². The first-order valence-electron chi connectivity index (χ1n) is 20.8. The SMILES string of the molecule is Cc1cccc(C)c1-c1nc2c3oc4c(C(C)(C)C)cc(C(C)(C)C)cc4c3cc3c2n1-c1cccc2c1B3c1cc(C(C)(C)C)cc3nc(-c4ccccc4)n-2c13. The van der Waals surface area contributed by atoms with Crippen LogP contribution in [0, 0.1) is 13.8 Å². The molecule has 6 heteroatoms. The average Bonchev–Trinajstić information content (AvgIpc) is 3.86. The predicted molar refractivity (Wildman–Crippen MR) is 244 cm³/mol. The Kier molecular flexibility index (Phi) is 6.94. The second-order valence-electron chi connectivity index (χ2n) is 20.0. The summed E-state index contributed by atoms with van der Waals surface area (Å²) in [5.41, 5.74) is 20.5. The first kappa shape index (κ1) is 35.3. The van der Waals surface area contributed by atoms with E-state index in [1.165, 1.54) is 55.4 Å². The van der Waals surface area contributed by atoms with Crippen LogP contribution in [0.2, 0.25) is 0 Å². The molecule has 2 aliphatic heterocycles. The molecule has 0 unspecified atom stereocenters. The van der Waals surface area contributed by atoms with E-state index in [9.17, 15) is 0 Å². The summed E-state index contributed by atoms with van der Waals surface area (Å²) >= 11 is 0. The second-order valence-corrected chi connectivity index (χ2v) is 20.0. The van der Waals surface area contributed by atoms with Gasteiger partial charge in [0, 0.05) is 38.8 Å². The number of rotatable bonds is 2. The lowest BCUT2D eigenvalue weighted by molar-refractivity contribution is 0.559. The third-order valence-electron chi connectivity index (χ3n) is 13.0. The van der Waals surface area contributed by atoms with Crippen molar-refractivity contribution in [2.75, 3.05) is 0 Å². The number of aryl methyl sites for hydroxylation is 2. The number of furan rings is 1. The Morgan fingerprint density at radius 3 is 1.81 bits per heavy atom. The maximum absolute atomic E-state index is 7.21. The number of aromatic nitrogens is 4. The zero-order chi connectivity index (χ0) is 40.4. The molecule has 286 valence electrons. The van der Waals surface area contributed by atoms with Gasteiger partial charge in [-0.15, -0.1) is 0 Å². The summed E-state index contributed by atoms with van der Waals surface area (Å²) in [6.45, 7) is 25.1. The molecule has 5 heterocycles. The third-order valence-corrected chi connectivity index (χ3v) is 13.0. The number of hydrogen-bond acceptors (Lipinski definition) is 3. The van der Waals surface area contributed by atoms with Gasteiger partial charge in [0.2, 0.25) is 0 Å². The first-order chi connectivity index (χ1) is 27.5. The summed E-state index contributed by atoms with van der Waals surface area (Å²) < 4.78 is 12.1. The lowest BCUT2D eigenvalue weighted by atomic mass is 9.34. The second kappa shape index (κ2) is 11.4. The molecular formula is C52H49BN4O. The van der Waals surface area contributed by atoms with E-state index in [1.54, 1.807) is 0 Å². The molecule has 0 saturated carbocycles. The highest BCUT2D eigenvalue weighted by Crippen LogP contribution is 2.45. The van der Waals surface area contributed by atoms with Crippen molar-refractivity contribution < 1.29 is 4.42 Å². The van der Waals surface area contributed by atoms with Gasteiger partial charge < -0.3 is 4.42 Å². The van der Waals surface area contributed by atoms with Crippen molar-refractivity contribution in [3.63, 3.8) is 0 Å². The number of hydrogen-bond donors (Lipinski definition) is 0. The van der Waals surface area contributed by atoms with Crippen LogP contribution < -0.4 is 16.4 Å². The molecule has 6 aromatic carbocycles. The molecule has 0 amide bonds. The van der Waals surface area contributed by atoms with Gasteiger partial charge in [-0.25, -0.2) is 9.97 Å². The zero-order valence-corrected chi connectivity index (χ0v) is 35.5. The molecule has 5 nitrogen and oxygen atoms in total. The first-order valence-corrected chi connectivity index (χ1v) is 20.8. The van der Waals surface area contributed by atoms with E-state index < -0.39 is 0 Å². The highest BCUT2D eigenvalue weighted by Gasteiger charge is 2.43. The van der Waals surface area contributed by atoms with Crippen molar-refractivity contribution in [2.45, 2.75) is 92.4 Å². The highest BCUT2D eigenvalue weighted by atomic mass is 16.3. The number of benzene rings is 6. The van der Waals surface area contributed by atoms with Gasteiger partial charge in [0.05, 0.1) is 16.6 Å². The van der Waals surface area contributed by atoms with Crippen molar-refractivity contribution in [2.24, 2.45) is 0 Å². The van der Waals surface area contributed by atoms with E-state index >= 15 is 0 Å². The summed E-state index contributed by atoms with van der Waals surface area (Å²) in [5, 5.41) is 2.29. The Hall–Kier alpha value is -5.88. The van der Waals surface area contributed by atoms with E-state index in [1.807, 2.05) is 0 Å². The lowest BCUT2D eigenvalue weighted by Gasteiger charge is -2.34. The fourth-order valence-electron chi connectivity index (χ4n) is 10.00. The predicted octanol–water partition coefficient (Wildman–Crippen LogP) is 11.3. The maximum atomic E-state index is 7.21. The molecule has 3 aromatic heterocycles. The topological polar surface area (TPSA) is 48.8 Å². The smallest absolute Gasteiger partial charge is 0.252 e. The van der Waals surface area contributed by atoms with Crippen molar-refractivity contribution >= 4 is 67.1 Å². The van der Waals surface area contributed by atoms with Crippen LogP contribution in [-0.2, 0) is 16.2 Å². The van der Waals surface area contributed by atoms with Crippen LogP contribution in [0.15, 0.2) is 101 Å². The van der Waals surface area contributed by atoms with Gasteiger partial charge in [0.1, 0.15) is 22.7 Å². The Balaban J connectivity index is 1.36. The number of nitrogens with zero attached hydrogens (tertiary/aromatic N) is 4. The molecule has 0 saturated heterocycles. The number of fused-ring (bicyclic) bond motifs is 8. The highest BCUT2D eigenvalue weighted by molar-refractivity contribution is 7.00. The minimum atomic E-state index is -0.131. The van der Waals surface area contributed by atoms with Gasteiger partial charge in [-0.3, -0.25) is 9.13 Å². The zero-order valence-electron chi connectivity index (χ0n) is 35.5. The summed E-state index contributed by atoms with van der Waals surface area (Å²) in [7, 11) is 0. The molecule has 11 rings (SSSR count). The Bertz CT molecular complexity index is 3230. The molecule has 0 bridgehead atoms. The normalized spacial score (nSPS) is 13.7. The fraction of sp³-hybridized carbons (Fsp3) is 0.269. The van der Waals surface area contributed by atoms with Crippen LogP contribution in [0.1, 0.15) is 90.1 Å². The molecule has 9 aromatic rings. The van der Waals surface area contributed by atoms with E-state index in [0.717, 1.165) is 67.0 Å². The minimum Gasteiger partial charge on any atom is -0.453 e. The molecule has 0 radical (unpaired) electrons. The van der Waals surface area contributed by atoms with Crippen molar-refractivity contribution in [1.82, 2.24) is 19.1 Å². The quantitative estimate of drug-likeness (QED) is 0.165. The van der Waals surface area contributed by atoms with Gasteiger partial charge in [0.15, 0.2) is 5.58 Å². The van der Waals surface area contributed by atoms with Crippen LogP contribution >= 0.6 is 0 Å². The van der Waals surface area contributed by atoms with Crippen LogP contribution in [0.5, 0.6) is 0 Å². The van der Waals surface area contributed by atoms with Crippen LogP contribution in [0.3, 0.4) is 0 Å². The molecule has 0 spiro atoms. The van der Waals surface area contributed by atoms with Crippen molar-refractivity contribution in [3.05, 3.63) is 125 Å². The summed E-state index contributed by atoms with van der Waals surface area (Å²) in [5.74, 6) is 1.92. The Morgan fingerprint density at radius 1 is 0.552 bits per heavy atom. The monoisotopic (exact) mass is 756 g/mol.